The van der Waals surface area contributed by atoms with Crippen LogP contribution < -0.4 is 5.32 Å². The Morgan fingerprint density at radius 1 is 1.20 bits per heavy atom. The Bertz CT molecular complexity index is 339. The molecule has 0 amide bonds. The van der Waals surface area contributed by atoms with Gasteiger partial charge in [0.1, 0.15) is 11.5 Å². The first kappa shape index (κ1) is 9.40. The molecule has 1 aromatic rings. The average molecular weight is 206 g/mol. The Morgan fingerprint density at radius 3 is 2.93 bits per heavy atom. The van der Waals surface area contributed by atoms with Gasteiger partial charge in [0.2, 0.25) is 0 Å². The van der Waals surface area contributed by atoms with Gasteiger partial charge in [-0.15, -0.1) is 0 Å². The molecule has 1 fully saturated rings. The van der Waals surface area contributed by atoms with Crippen molar-refractivity contribution in [2.24, 2.45) is 0 Å². The van der Waals surface area contributed by atoms with Crippen molar-refractivity contribution in [3.8, 4) is 0 Å². The molecule has 3 rings (SSSR count). The molecule has 0 unspecified atom stereocenters. The zero-order valence-corrected chi connectivity index (χ0v) is 9.09. The minimum absolute atomic E-state index is 0.660. The number of nitrogens with one attached hydrogen (secondary N) is 1. The van der Waals surface area contributed by atoms with Gasteiger partial charge in [0, 0.05) is 18.0 Å². The van der Waals surface area contributed by atoms with Crippen LogP contribution in [0.3, 0.4) is 0 Å². The summed E-state index contributed by atoms with van der Waals surface area (Å²) in [5.74, 6) is 1.87. The van der Waals surface area contributed by atoms with Crippen molar-refractivity contribution >= 4 is 0 Å². The van der Waals surface area contributed by atoms with E-state index in [4.69, 9.17) is 4.52 Å². The van der Waals surface area contributed by atoms with E-state index in [9.17, 15) is 0 Å². The maximum atomic E-state index is 5.57. The van der Waals surface area contributed by atoms with Crippen molar-refractivity contribution in [1.29, 1.82) is 0 Å². The molecule has 0 atom stereocenters. The first-order valence-electron chi connectivity index (χ1n) is 6.13. The van der Waals surface area contributed by atoms with Crippen LogP contribution in [0.15, 0.2) is 4.52 Å². The Balaban J connectivity index is 1.87. The minimum atomic E-state index is 0.660. The Hall–Kier alpha value is -0.830. The van der Waals surface area contributed by atoms with Gasteiger partial charge in [0.05, 0.1) is 0 Å². The van der Waals surface area contributed by atoms with Crippen LogP contribution in [0.5, 0.6) is 0 Å². The van der Waals surface area contributed by atoms with E-state index < -0.39 is 0 Å². The van der Waals surface area contributed by atoms with Crippen LogP contribution >= 0.6 is 0 Å². The molecule has 82 valence electrons. The Morgan fingerprint density at radius 2 is 2.07 bits per heavy atom. The minimum Gasteiger partial charge on any atom is -0.360 e. The highest BCUT2D eigenvalue weighted by Gasteiger charge is 2.26. The van der Waals surface area contributed by atoms with Crippen LogP contribution in [0.25, 0.3) is 0 Å². The molecule has 3 nitrogen and oxygen atoms in total. The van der Waals surface area contributed by atoms with E-state index in [-0.39, 0.29) is 0 Å². The fourth-order valence-electron chi connectivity index (χ4n) is 2.87. The maximum absolute atomic E-state index is 5.57. The van der Waals surface area contributed by atoms with Gasteiger partial charge in [-0.1, -0.05) is 24.4 Å². The summed E-state index contributed by atoms with van der Waals surface area (Å²) in [5.41, 5.74) is 2.57. The molecule has 1 aliphatic carbocycles. The summed E-state index contributed by atoms with van der Waals surface area (Å²) >= 11 is 0. The zero-order chi connectivity index (χ0) is 10.1. The average Bonchev–Trinajstić information content (AvgIpc) is 2.74. The topological polar surface area (TPSA) is 38.1 Å². The maximum Gasteiger partial charge on any atom is 0.143 e. The van der Waals surface area contributed by atoms with Crippen LogP contribution in [-0.2, 0) is 13.0 Å². The van der Waals surface area contributed by atoms with Crippen molar-refractivity contribution in [3.63, 3.8) is 0 Å². The third-order valence-corrected chi connectivity index (χ3v) is 3.72. The van der Waals surface area contributed by atoms with E-state index in [0.29, 0.717) is 5.92 Å². The molecule has 3 heteroatoms. The van der Waals surface area contributed by atoms with Crippen LogP contribution in [0.1, 0.15) is 55.0 Å². The standard InChI is InChI=1S/C12H18N2O/c1-2-4-9(5-3-1)12-10-6-7-13-8-11(10)14-15-12/h9,13H,1-8H2. The molecule has 1 aliphatic heterocycles. The summed E-state index contributed by atoms with van der Waals surface area (Å²) < 4.78 is 5.57. The van der Waals surface area contributed by atoms with E-state index in [0.717, 1.165) is 25.2 Å². The van der Waals surface area contributed by atoms with Gasteiger partial charge in [-0.05, 0) is 25.8 Å². The van der Waals surface area contributed by atoms with E-state index in [1.807, 2.05) is 0 Å². The highest BCUT2D eigenvalue weighted by molar-refractivity contribution is 5.28. The Kier molecular flexibility index (Phi) is 2.49. The molecule has 2 aliphatic rings. The summed E-state index contributed by atoms with van der Waals surface area (Å²) in [6.45, 7) is 1.97. The normalized spacial score (nSPS) is 22.7. The van der Waals surface area contributed by atoms with E-state index >= 15 is 0 Å². The number of nitrogens with zero attached hydrogens (tertiary/aromatic N) is 1. The molecule has 0 radical (unpaired) electrons. The second-order valence-electron chi connectivity index (χ2n) is 4.73. The number of hydrogen-bond acceptors (Lipinski definition) is 3. The highest BCUT2D eigenvalue weighted by atomic mass is 16.5. The Labute approximate surface area is 90.2 Å². The van der Waals surface area contributed by atoms with E-state index in [2.05, 4.69) is 10.5 Å². The molecule has 0 bridgehead atoms. The second-order valence-corrected chi connectivity index (χ2v) is 4.73. The van der Waals surface area contributed by atoms with Crippen molar-refractivity contribution < 1.29 is 4.52 Å². The molecule has 2 heterocycles. The molecular formula is C12H18N2O. The molecule has 1 aromatic heterocycles. The lowest BCUT2D eigenvalue weighted by atomic mass is 9.85. The van der Waals surface area contributed by atoms with Crippen LogP contribution in [0.4, 0.5) is 0 Å². The lowest BCUT2D eigenvalue weighted by Crippen LogP contribution is -2.24. The quantitative estimate of drug-likeness (QED) is 0.766. The van der Waals surface area contributed by atoms with Crippen molar-refractivity contribution in [2.45, 2.75) is 51.0 Å². The SMILES string of the molecule is C1CCC(c2onc3c2CCNC3)CC1. The summed E-state index contributed by atoms with van der Waals surface area (Å²) in [6.07, 6.45) is 7.82. The molecular weight excluding hydrogens is 188 g/mol. The number of fused-ring (bicyclic) bond motifs is 1. The number of rotatable bonds is 1. The lowest BCUT2D eigenvalue weighted by Gasteiger charge is -2.21. The summed E-state index contributed by atoms with van der Waals surface area (Å²) in [4.78, 5) is 0. The fourth-order valence-corrected chi connectivity index (χ4v) is 2.87. The second kappa shape index (κ2) is 3.97. The molecule has 1 saturated carbocycles. The molecule has 1 N–H and O–H groups in total. The van der Waals surface area contributed by atoms with E-state index in [1.54, 1.807) is 0 Å². The van der Waals surface area contributed by atoms with E-state index in [1.165, 1.54) is 43.4 Å². The van der Waals surface area contributed by atoms with Gasteiger partial charge in [-0.25, -0.2) is 0 Å². The van der Waals surface area contributed by atoms with Crippen LogP contribution in [0, 0.1) is 0 Å². The van der Waals surface area contributed by atoms with Gasteiger partial charge < -0.3 is 9.84 Å². The van der Waals surface area contributed by atoms with Gasteiger partial charge in [0.25, 0.3) is 0 Å². The summed E-state index contributed by atoms with van der Waals surface area (Å²) in [5, 5.41) is 7.53. The fraction of sp³-hybridized carbons (Fsp3) is 0.750. The molecule has 0 aromatic carbocycles. The predicted molar refractivity (Wildman–Crippen MR) is 57.7 cm³/mol. The third-order valence-electron chi connectivity index (χ3n) is 3.72. The van der Waals surface area contributed by atoms with Crippen molar-refractivity contribution in [1.82, 2.24) is 10.5 Å². The molecule has 0 saturated heterocycles. The van der Waals surface area contributed by atoms with Crippen LogP contribution in [-0.4, -0.2) is 11.7 Å². The first-order chi connectivity index (χ1) is 7.45. The highest BCUT2D eigenvalue weighted by Crippen LogP contribution is 2.36. The molecule has 15 heavy (non-hydrogen) atoms. The van der Waals surface area contributed by atoms with Gasteiger partial charge in [-0.3, -0.25) is 0 Å². The number of hydrogen-bond donors (Lipinski definition) is 1. The van der Waals surface area contributed by atoms with Gasteiger partial charge >= 0.3 is 0 Å². The summed E-state index contributed by atoms with van der Waals surface area (Å²) in [7, 11) is 0. The van der Waals surface area contributed by atoms with Crippen molar-refractivity contribution in [2.75, 3.05) is 6.54 Å². The largest absolute Gasteiger partial charge is 0.360 e. The lowest BCUT2D eigenvalue weighted by molar-refractivity contribution is 0.317. The van der Waals surface area contributed by atoms with Gasteiger partial charge in [0.15, 0.2) is 0 Å². The monoisotopic (exact) mass is 206 g/mol. The third kappa shape index (κ3) is 1.69. The smallest absolute Gasteiger partial charge is 0.143 e. The predicted octanol–water partition coefficient (Wildman–Crippen LogP) is 2.37. The number of aromatic nitrogens is 1. The van der Waals surface area contributed by atoms with Crippen molar-refractivity contribution in [3.05, 3.63) is 17.0 Å². The van der Waals surface area contributed by atoms with Gasteiger partial charge in [-0.2, -0.15) is 0 Å². The zero-order valence-electron chi connectivity index (χ0n) is 9.09. The van der Waals surface area contributed by atoms with Crippen LogP contribution in [0.2, 0.25) is 0 Å². The first-order valence-corrected chi connectivity index (χ1v) is 6.13. The summed E-state index contributed by atoms with van der Waals surface area (Å²) in [6, 6.07) is 0. The molecule has 0 spiro atoms.